The molecule has 0 spiro atoms. The minimum absolute atomic E-state index is 0.280. The number of rotatable bonds is 2. The van der Waals surface area contributed by atoms with Crippen LogP contribution >= 0.6 is 0 Å². The smallest absolute Gasteiger partial charge is 0.330 e. The highest BCUT2D eigenvalue weighted by molar-refractivity contribution is 5.74. The van der Waals surface area contributed by atoms with Crippen LogP contribution < -0.4 is 11.2 Å². The predicted octanol–water partition coefficient (Wildman–Crippen LogP) is -0.167. The summed E-state index contributed by atoms with van der Waals surface area (Å²) in [6.07, 6.45) is 3.42. The highest BCUT2D eigenvalue weighted by Gasteiger charge is 2.14. The maximum atomic E-state index is 11.8. The van der Waals surface area contributed by atoms with Crippen molar-refractivity contribution in [3.8, 4) is 11.5 Å². The van der Waals surface area contributed by atoms with Gasteiger partial charge in [0.15, 0.2) is 11.5 Å². The SMILES string of the molecule is CCn1c(=O)[nH]c(=O)c2[nH]c(-c3cn(C)cn3)nc21. The third-order valence-electron chi connectivity index (χ3n) is 2.90. The van der Waals surface area contributed by atoms with Crippen molar-refractivity contribution in [2.75, 3.05) is 0 Å². The van der Waals surface area contributed by atoms with Crippen LogP contribution in [0.15, 0.2) is 22.1 Å². The molecule has 3 heterocycles. The number of imidazole rings is 2. The number of aryl methyl sites for hydroxylation is 2. The molecule has 0 aliphatic heterocycles. The van der Waals surface area contributed by atoms with Gasteiger partial charge in [0.1, 0.15) is 11.2 Å². The molecule has 0 atom stereocenters. The second-order valence-electron chi connectivity index (χ2n) is 4.21. The molecule has 3 aromatic heterocycles. The highest BCUT2D eigenvalue weighted by Crippen LogP contribution is 2.15. The Hall–Kier alpha value is -2.64. The van der Waals surface area contributed by atoms with Gasteiger partial charge in [0.05, 0.1) is 6.33 Å². The van der Waals surface area contributed by atoms with Crippen molar-refractivity contribution in [2.45, 2.75) is 13.5 Å². The largest absolute Gasteiger partial charge is 0.340 e. The van der Waals surface area contributed by atoms with Crippen LogP contribution in [0.1, 0.15) is 6.92 Å². The summed E-state index contributed by atoms with van der Waals surface area (Å²) in [5, 5.41) is 0. The molecule has 2 N–H and O–H groups in total. The standard InChI is InChI=1S/C11H12N6O2/c1-3-17-9-7(10(18)15-11(17)19)13-8(14-9)6-4-16(2)5-12-6/h4-5H,3H2,1-2H3,(H,13,14)(H,15,18,19). The minimum Gasteiger partial charge on any atom is -0.340 e. The molecule has 8 nitrogen and oxygen atoms in total. The summed E-state index contributed by atoms with van der Waals surface area (Å²) in [5.41, 5.74) is 0.311. The van der Waals surface area contributed by atoms with E-state index in [0.29, 0.717) is 23.7 Å². The Balaban J connectivity index is 2.34. The summed E-state index contributed by atoms with van der Waals surface area (Å²) in [6, 6.07) is 0. The van der Waals surface area contributed by atoms with E-state index in [-0.39, 0.29) is 5.52 Å². The van der Waals surface area contributed by atoms with E-state index in [0.717, 1.165) is 0 Å². The van der Waals surface area contributed by atoms with E-state index in [1.54, 1.807) is 17.1 Å². The third kappa shape index (κ3) is 1.68. The van der Waals surface area contributed by atoms with Crippen LogP contribution in [-0.2, 0) is 13.6 Å². The quantitative estimate of drug-likeness (QED) is 0.668. The van der Waals surface area contributed by atoms with Crippen molar-refractivity contribution in [1.82, 2.24) is 29.1 Å². The van der Waals surface area contributed by atoms with Gasteiger partial charge in [-0.25, -0.2) is 14.8 Å². The number of nitrogens with zero attached hydrogens (tertiary/aromatic N) is 4. The molecule has 98 valence electrons. The van der Waals surface area contributed by atoms with E-state index in [9.17, 15) is 9.59 Å². The van der Waals surface area contributed by atoms with Gasteiger partial charge >= 0.3 is 5.69 Å². The van der Waals surface area contributed by atoms with Crippen LogP contribution in [0.4, 0.5) is 0 Å². The molecule has 0 radical (unpaired) electrons. The molecule has 0 saturated heterocycles. The van der Waals surface area contributed by atoms with E-state index in [2.05, 4.69) is 19.9 Å². The Kier molecular flexibility index (Phi) is 2.37. The first-order chi connectivity index (χ1) is 9.10. The topological polar surface area (TPSA) is 101 Å². The number of hydrogen-bond acceptors (Lipinski definition) is 4. The number of H-pyrrole nitrogens is 2. The van der Waals surface area contributed by atoms with E-state index >= 15 is 0 Å². The summed E-state index contributed by atoms with van der Waals surface area (Å²) >= 11 is 0. The highest BCUT2D eigenvalue weighted by atomic mass is 16.2. The average molecular weight is 260 g/mol. The van der Waals surface area contributed by atoms with Crippen molar-refractivity contribution in [3.63, 3.8) is 0 Å². The number of hydrogen-bond donors (Lipinski definition) is 2. The lowest BCUT2D eigenvalue weighted by molar-refractivity contribution is 0.720. The van der Waals surface area contributed by atoms with Crippen LogP contribution in [0.3, 0.4) is 0 Å². The Bertz CT molecular complexity index is 865. The second kappa shape index (κ2) is 3.94. The first-order valence-corrected chi connectivity index (χ1v) is 5.81. The van der Waals surface area contributed by atoms with Crippen molar-refractivity contribution >= 4 is 11.2 Å². The zero-order chi connectivity index (χ0) is 13.6. The van der Waals surface area contributed by atoms with E-state index in [1.807, 2.05) is 14.0 Å². The van der Waals surface area contributed by atoms with E-state index in [4.69, 9.17) is 0 Å². The fraction of sp³-hybridized carbons (Fsp3) is 0.273. The summed E-state index contributed by atoms with van der Waals surface area (Å²) in [6.45, 7) is 2.24. The molecule has 0 saturated carbocycles. The van der Waals surface area contributed by atoms with Gasteiger partial charge in [-0.2, -0.15) is 0 Å². The third-order valence-corrected chi connectivity index (χ3v) is 2.90. The van der Waals surface area contributed by atoms with E-state index in [1.165, 1.54) is 4.57 Å². The number of aromatic amines is 2. The number of nitrogens with one attached hydrogen (secondary N) is 2. The maximum Gasteiger partial charge on any atom is 0.330 e. The van der Waals surface area contributed by atoms with Crippen LogP contribution in [0.25, 0.3) is 22.7 Å². The molecule has 0 unspecified atom stereocenters. The minimum atomic E-state index is -0.473. The molecular formula is C11H12N6O2. The molecule has 0 aromatic carbocycles. The molecule has 8 heteroatoms. The summed E-state index contributed by atoms with van der Waals surface area (Å²) in [5.74, 6) is 0.467. The number of aromatic nitrogens is 6. The van der Waals surface area contributed by atoms with Gasteiger partial charge in [-0.3, -0.25) is 14.3 Å². The summed E-state index contributed by atoms with van der Waals surface area (Å²) < 4.78 is 3.18. The summed E-state index contributed by atoms with van der Waals surface area (Å²) in [4.78, 5) is 37.0. The van der Waals surface area contributed by atoms with Gasteiger partial charge in [-0.05, 0) is 6.92 Å². The first-order valence-electron chi connectivity index (χ1n) is 5.81. The molecule has 3 rings (SSSR count). The molecule has 0 amide bonds. The molecule has 3 aromatic rings. The fourth-order valence-corrected chi connectivity index (χ4v) is 1.99. The van der Waals surface area contributed by atoms with Crippen LogP contribution in [0.5, 0.6) is 0 Å². The van der Waals surface area contributed by atoms with Gasteiger partial charge < -0.3 is 9.55 Å². The Morgan fingerprint density at radius 3 is 2.74 bits per heavy atom. The zero-order valence-electron chi connectivity index (χ0n) is 10.5. The average Bonchev–Trinajstić information content (AvgIpc) is 2.96. The Morgan fingerprint density at radius 2 is 2.11 bits per heavy atom. The first kappa shape index (κ1) is 11.5. The lowest BCUT2D eigenvalue weighted by Crippen LogP contribution is -2.29. The molecule has 0 aliphatic rings. The van der Waals surface area contributed by atoms with Crippen molar-refractivity contribution in [3.05, 3.63) is 33.4 Å². The Morgan fingerprint density at radius 1 is 1.32 bits per heavy atom. The Labute approximate surface area is 106 Å². The van der Waals surface area contributed by atoms with Gasteiger partial charge in [0, 0.05) is 19.8 Å². The van der Waals surface area contributed by atoms with Crippen LogP contribution in [0.2, 0.25) is 0 Å². The molecule has 0 bridgehead atoms. The van der Waals surface area contributed by atoms with E-state index < -0.39 is 11.2 Å². The zero-order valence-corrected chi connectivity index (χ0v) is 10.5. The number of fused-ring (bicyclic) bond motifs is 1. The van der Waals surface area contributed by atoms with Gasteiger partial charge in [-0.1, -0.05) is 0 Å². The van der Waals surface area contributed by atoms with Crippen LogP contribution in [-0.4, -0.2) is 29.1 Å². The molecule has 19 heavy (non-hydrogen) atoms. The predicted molar refractivity (Wildman–Crippen MR) is 68.9 cm³/mol. The maximum absolute atomic E-state index is 11.8. The van der Waals surface area contributed by atoms with Crippen molar-refractivity contribution in [1.29, 1.82) is 0 Å². The van der Waals surface area contributed by atoms with Gasteiger partial charge in [-0.15, -0.1) is 0 Å². The summed E-state index contributed by atoms with van der Waals surface area (Å²) in [7, 11) is 1.84. The molecule has 0 fully saturated rings. The molecule has 0 aliphatic carbocycles. The lowest BCUT2D eigenvalue weighted by atomic mass is 10.4. The van der Waals surface area contributed by atoms with Crippen molar-refractivity contribution in [2.24, 2.45) is 7.05 Å². The van der Waals surface area contributed by atoms with Crippen molar-refractivity contribution < 1.29 is 0 Å². The van der Waals surface area contributed by atoms with Gasteiger partial charge in [0.25, 0.3) is 5.56 Å². The van der Waals surface area contributed by atoms with Gasteiger partial charge in [0.2, 0.25) is 0 Å². The molecular weight excluding hydrogens is 248 g/mol. The van der Waals surface area contributed by atoms with Crippen LogP contribution in [0, 0.1) is 0 Å². The lowest BCUT2D eigenvalue weighted by Gasteiger charge is -1.99. The monoisotopic (exact) mass is 260 g/mol. The fourth-order valence-electron chi connectivity index (χ4n) is 1.99. The second-order valence-corrected chi connectivity index (χ2v) is 4.21. The normalized spacial score (nSPS) is 11.3.